The lowest BCUT2D eigenvalue weighted by Crippen LogP contribution is -2.34. The lowest BCUT2D eigenvalue weighted by molar-refractivity contribution is 0.336. The van der Waals surface area contributed by atoms with Crippen molar-refractivity contribution >= 4 is 0 Å². The van der Waals surface area contributed by atoms with Gasteiger partial charge in [0, 0.05) is 18.3 Å². The van der Waals surface area contributed by atoms with Gasteiger partial charge in [0.25, 0.3) is 0 Å². The summed E-state index contributed by atoms with van der Waals surface area (Å²) in [4.78, 5) is 4.37. The first-order valence-corrected chi connectivity index (χ1v) is 5.03. The van der Waals surface area contributed by atoms with Crippen molar-refractivity contribution in [1.29, 1.82) is 0 Å². The van der Waals surface area contributed by atoms with Crippen LogP contribution in [0.5, 0.6) is 0 Å². The van der Waals surface area contributed by atoms with Crippen molar-refractivity contribution in [1.82, 2.24) is 10.3 Å². The first kappa shape index (κ1) is 8.70. The summed E-state index contributed by atoms with van der Waals surface area (Å²) < 4.78 is 0. The van der Waals surface area contributed by atoms with E-state index in [1.165, 1.54) is 25.0 Å². The molecule has 13 heavy (non-hydrogen) atoms. The minimum atomic E-state index is 0.477. The van der Waals surface area contributed by atoms with Crippen LogP contribution in [0.1, 0.15) is 37.9 Å². The molecule has 0 aliphatic carbocycles. The molecule has 1 N–H and O–H groups in total. The zero-order valence-electron chi connectivity index (χ0n) is 8.03. The number of aromatic nitrogens is 1. The largest absolute Gasteiger partial charge is 0.306 e. The van der Waals surface area contributed by atoms with Crippen LogP contribution in [0.2, 0.25) is 0 Å². The minimum absolute atomic E-state index is 0.477. The number of pyridine rings is 1. The summed E-state index contributed by atoms with van der Waals surface area (Å²) in [5, 5.41) is 3.57. The molecule has 2 heterocycles. The van der Waals surface area contributed by atoms with Crippen LogP contribution in [0.4, 0.5) is 0 Å². The second-order valence-corrected chi connectivity index (χ2v) is 3.81. The standard InChI is InChI=1S/C11H16N2/c1-9-5-4-7-11(13-9)10-6-2-3-8-12-10/h2-3,6,8-9,11,13H,4-5,7H2,1H3/t9-,11+/m1/s1. The fraction of sp³-hybridized carbons (Fsp3) is 0.545. The number of hydrogen-bond acceptors (Lipinski definition) is 2. The predicted molar refractivity (Wildman–Crippen MR) is 53.4 cm³/mol. The Balaban J connectivity index is 2.08. The summed E-state index contributed by atoms with van der Waals surface area (Å²) in [6, 6.07) is 7.25. The molecule has 0 bridgehead atoms. The number of rotatable bonds is 1. The van der Waals surface area contributed by atoms with Gasteiger partial charge in [0.05, 0.1) is 5.69 Å². The van der Waals surface area contributed by atoms with Gasteiger partial charge in [-0.05, 0) is 38.3 Å². The van der Waals surface area contributed by atoms with Crippen LogP contribution in [0, 0.1) is 0 Å². The second kappa shape index (κ2) is 3.88. The Morgan fingerprint density at radius 1 is 1.38 bits per heavy atom. The summed E-state index contributed by atoms with van der Waals surface area (Å²) in [6.45, 7) is 2.25. The molecule has 2 heteroatoms. The predicted octanol–water partition coefficient (Wildman–Crippen LogP) is 2.28. The second-order valence-electron chi connectivity index (χ2n) is 3.81. The van der Waals surface area contributed by atoms with E-state index in [0.29, 0.717) is 12.1 Å². The Hall–Kier alpha value is -0.890. The Kier molecular flexibility index (Phi) is 2.60. The van der Waals surface area contributed by atoms with Crippen LogP contribution in [0.3, 0.4) is 0 Å². The Morgan fingerprint density at radius 3 is 3.00 bits per heavy atom. The van der Waals surface area contributed by atoms with Crippen molar-refractivity contribution in [2.45, 2.75) is 38.3 Å². The molecular weight excluding hydrogens is 160 g/mol. The third-order valence-electron chi connectivity index (χ3n) is 2.66. The maximum Gasteiger partial charge on any atom is 0.0573 e. The molecule has 0 aromatic carbocycles. The van der Waals surface area contributed by atoms with Crippen LogP contribution in [-0.4, -0.2) is 11.0 Å². The van der Waals surface area contributed by atoms with Gasteiger partial charge >= 0.3 is 0 Å². The molecule has 1 aromatic heterocycles. The van der Waals surface area contributed by atoms with Gasteiger partial charge in [-0.2, -0.15) is 0 Å². The average molecular weight is 176 g/mol. The van der Waals surface area contributed by atoms with E-state index in [2.05, 4.69) is 29.4 Å². The summed E-state index contributed by atoms with van der Waals surface area (Å²) in [6.07, 6.45) is 5.70. The number of nitrogens with zero attached hydrogens (tertiary/aromatic N) is 1. The molecule has 2 rings (SSSR count). The third kappa shape index (κ3) is 2.07. The number of piperidine rings is 1. The molecule has 0 amide bonds. The molecule has 1 aromatic rings. The summed E-state index contributed by atoms with van der Waals surface area (Å²) in [7, 11) is 0. The van der Waals surface area contributed by atoms with Gasteiger partial charge in [-0.25, -0.2) is 0 Å². The molecule has 70 valence electrons. The van der Waals surface area contributed by atoms with Gasteiger partial charge in [0.2, 0.25) is 0 Å². The molecule has 0 unspecified atom stereocenters. The van der Waals surface area contributed by atoms with Crippen molar-refractivity contribution in [2.24, 2.45) is 0 Å². The zero-order chi connectivity index (χ0) is 9.10. The van der Waals surface area contributed by atoms with E-state index in [4.69, 9.17) is 0 Å². The Morgan fingerprint density at radius 2 is 2.31 bits per heavy atom. The molecule has 0 saturated carbocycles. The lowest BCUT2D eigenvalue weighted by atomic mass is 9.97. The van der Waals surface area contributed by atoms with Crippen LogP contribution in [0.15, 0.2) is 24.4 Å². The van der Waals surface area contributed by atoms with Gasteiger partial charge in [-0.15, -0.1) is 0 Å². The molecule has 1 saturated heterocycles. The molecular formula is C11H16N2. The first-order chi connectivity index (χ1) is 6.36. The van der Waals surface area contributed by atoms with Crippen LogP contribution in [0.25, 0.3) is 0 Å². The topological polar surface area (TPSA) is 24.9 Å². The highest BCUT2D eigenvalue weighted by Crippen LogP contribution is 2.23. The summed E-state index contributed by atoms with van der Waals surface area (Å²) in [5.41, 5.74) is 1.19. The van der Waals surface area contributed by atoms with E-state index in [1.807, 2.05) is 12.3 Å². The highest BCUT2D eigenvalue weighted by Gasteiger charge is 2.19. The van der Waals surface area contributed by atoms with Crippen molar-refractivity contribution in [3.63, 3.8) is 0 Å². The number of nitrogens with one attached hydrogen (secondary N) is 1. The average Bonchev–Trinajstić information content (AvgIpc) is 2.19. The van der Waals surface area contributed by atoms with Gasteiger partial charge < -0.3 is 5.32 Å². The van der Waals surface area contributed by atoms with E-state index < -0.39 is 0 Å². The molecule has 2 atom stereocenters. The number of hydrogen-bond donors (Lipinski definition) is 1. The Bertz CT molecular complexity index is 258. The van der Waals surface area contributed by atoms with Crippen molar-refractivity contribution < 1.29 is 0 Å². The zero-order valence-corrected chi connectivity index (χ0v) is 8.03. The van der Waals surface area contributed by atoms with Crippen molar-refractivity contribution in [2.75, 3.05) is 0 Å². The van der Waals surface area contributed by atoms with Crippen LogP contribution >= 0.6 is 0 Å². The van der Waals surface area contributed by atoms with E-state index >= 15 is 0 Å². The van der Waals surface area contributed by atoms with E-state index in [9.17, 15) is 0 Å². The normalized spacial score (nSPS) is 28.7. The summed E-state index contributed by atoms with van der Waals surface area (Å²) >= 11 is 0. The molecule has 1 fully saturated rings. The van der Waals surface area contributed by atoms with Gasteiger partial charge in [-0.3, -0.25) is 4.98 Å². The first-order valence-electron chi connectivity index (χ1n) is 5.03. The highest BCUT2D eigenvalue weighted by molar-refractivity contribution is 5.09. The smallest absolute Gasteiger partial charge is 0.0573 e. The monoisotopic (exact) mass is 176 g/mol. The SMILES string of the molecule is C[C@@H]1CCC[C@@H](c2ccccn2)N1. The van der Waals surface area contributed by atoms with Gasteiger partial charge in [0.1, 0.15) is 0 Å². The lowest BCUT2D eigenvalue weighted by Gasteiger charge is -2.28. The van der Waals surface area contributed by atoms with E-state index in [1.54, 1.807) is 0 Å². The Labute approximate surface area is 79.4 Å². The highest BCUT2D eigenvalue weighted by atomic mass is 15.0. The summed E-state index contributed by atoms with van der Waals surface area (Å²) in [5.74, 6) is 0. The quantitative estimate of drug-likeness (QED) is 0.710. The molecule has 1 aliphatic heterocycles. The fourth-order valence-electron chi connectivity index (χ4n) is 1.95. The molecule has 1 aliphatic rings. The van der Waals surface area contributed by atoms with E-state index in [0.717, 1.165) is 0 Å². The molecule has 0 radical (unpaired) electrons. The van der Waals surface area contributed by atoms with Gasteiger partial charge in [-0.1, -0.05) is 6.07 Å². The van der Waals surface area contributed by atoms with Crippen molar-refractivity contribution in [3.05, 3.63) is 30.1 Å². The molecule has 2 nitrogen and oxygen atoms in total. The minimum Gasteiger partial charge on any atom is -0.306 e. The third-order valence-corrected chi connectivity index (χ3v) is 2.66. The molecule has 0 spiro atoms. The van der Waals surface area contributed by atoms with Crippen LogP contribution < -0.4 is 5.32 Å². The van der Waals surface area contributed by atoms with E-state index in [-0.39, 0.29) is 0 Å². The van der Waals surface area contributed by atoms with Gasteiger partial charge in [0.15, 0.2) is 0 Å². The fourth-order valence-corrected chi connectivity index (χ4v) is 1.95. The van der Waals surface area contributed by atoms with Crippen molar-refractivity contribution in [3.8, 4) is 0 Å². The maximum absolute atomic E-state index is 4.37. The van der Waals surface area contributed by atoms with Crippen LogP contribution in [-0.2, 0) is 0 Å². The maximum atomic E-state index is 4.37.